The van der Waals surface area contributed by atoms with Crippen LogP contribution in [0.1, 0.15) is 30.1 Å². The van der Waals surface area contributed by atoms with E-state index in [9.17, 15) is 0 Å². The van der Waals surface area contributed by atoms with E-state index in [1.54, 1.807) is 0 Å². The van der Waals surface area contributed by atoms with Crippen LogP contribution < -0.4 is 9.80 Å². The van der Waals surface area contributed by atoms with Crippen molar-refractivity contribution in [3.63, 3.8) is 0 Å². The van der Waals surface area contributed by atoms with Crippen LogP contribution in [-0.4, -0.2) is 54.1 Å². The molecule has 2 aliphatic rings. The van der Waals surface area contributed by atoms with Gasteiger partial charge in [0.1, 0.15) is 16.5 Å². The molecule has 2 aliphatic heterocycles. The Bertz CT molecular complexity index is 991. The van der Waals surface area contributed by atoms with E-state index in [0.717, 1.165) is 64.5 Å². The first-order chi connectivity index (χ1) is 14.3. The molecule has 1 aromatic carbocycles. The van der Waals surface area contributed by atoms with Crippen molar-refractivity contribution < 1.29 is 0 Å². The molecule has 1 fully saturated rings. The van der Waals surface area contributed by atoms with Crippen LogP contribution in [0.4, 0.5) is 11.5 Å². The molecule has 152 valence electrons. The number of aryl methyl sites for hydroxylation is 1. The Kier molecular flexibility index (Phi) is 5.14. The molecule has 0 amide bonds. The second-order valence-corrected chi connectivity index (χ2v) is 9.01. The van der Waals surface area contributed by atoms with Gasteiger partial charge in [-0.2, -0.15) is 0 Å². The first-order valence-electron chi connectivity index (χ1n) is 10.8. The Hall–Kier alpha value is -2.18. The third-order valence-electron chi connectivity index (χ3n) is 6.27. The molecule has 2 aromatic heterocycles. The third-order valence-corrected chi connectivity index (χ3v) is 7.38. The Morgan fingerprint density at radius 3 is 2.41 bits per heavy atom. The maximum Gasteiger partial charge on any atom is 0.141 e. The lowest BCUT2D eigenvalue weighted by Gasteiger charge is -2.37. The van der Waals surface area contributed by atoms with Gasteiger partial charge in [-0.25, -0.2) is 9.97 Å². The largest absolute Gasteiger partial charge is 0.368 e. The average molecular weight is 408 g/mol. The minimum atomic E-state index is 0.885. The van der Waals surface area contributed by atoms with Crippen molar-refractivity contribution >= 4 is 33.1 Å². The van der Waals surface area contributed by atoms with Gasteiger partial charge in [-0.1, -0.05) is 32.0 Å². The molecule has 5 rings (SSSR count). The van der Waals surface area contributed by atoms with E-state index in [1.807, 2.05) is 11.3 Å². The van der Waals surface area contributed by atoms with E-state index in [-0.39, 0.29) is 0 Å². The molecule has 0 bridgehead atoms. The summed E-state index contributed by atoms with van der Waals surface area (Å²) in [5.41, 5.74) is 2.83. The van der Waals surface area contributed by atoms with Crippen LogP contribution in [0.25, 0.3) is 10.2 Å². The molecule has 6 heteroatoms. The van der Waals surface area contributed by atoms with Gasteiger partial charge in [-0.05, 0) is 30.7 Å². The Morgan fingerprint density at radius 1 is 0.931 bits per heavy atom. The van der Waals surface area contributed by atoms with Crippen molar-refractivity contribution in [1.29, 1.82) is 0 Å². The molecule has 0 radical (unpaired) electrons. The number of benzene rings is 1. The van der Waals surface area contributed by atoms with Crippen molar-refractivity contribution in [2.24, 2.45) is 0 Å². The normalized spacial score (nSPS) is 17.7. The zero-order valence-corrected chi connectivity index (χ0v) is 18.2. The third kappa shape index (κ3) is 3.49. The number of para-hydroxylation sites is 1. The zero-order valence-electron chi connectivity index (χ0n) is 17.4. The van der Waals surface area contributed by atoms with E-state index in [0.29, 0.717) is 0 Å². The maximum absolute atomic E-state index is 5.05. The number of hydrogen-bond acceptors (Lipinski definition) is 6. The monoisotopic (exact) mass is 407 g/mol. The molecule has 0 atom stereocenters. The highest BCUT2D eigenvalue weighted by Gasteiger charge is 2.27. The second kappa shape index (κ2) is 7.92. The Labute approximate surface area is 177 Å². The molecular formula is C23H29N5S. The highest BCUT2D eigenvalue weighted by molar-refractivity contribution is 7.19. The van der Waals surface area contributed by atoms with Crippen LogP contribution >= 0.6 is 11.3 Å². The van der Waals surface area contributed by atoms with Crippen molar-refractivity contribution in [1.82, 2.24) is 14.9 Å². The molecule has 4 heterocycles. The summed E-state index contributed by atoms with van der Waals surface area (Å²) >= 11 is 1.89. The van der Waals surface area contributed by atoms with Gasteiger partial charge in [0.2, 0.25) is 0 Å². The number of likely N-dealkylation sites (N-methyl/N-ethyl adjacent to an activating group) is 1. The molecule has 0 aliphatic carbocycles. The van der Waals surface area contributed by atoms with Gasteiger partial charge < -0.3 is 9.80 Å². The number of nitrogens with zero attached hydrogens (tertiary/aromatic N) is 5. The number of fused-ring (bicyclic) bond motifs is 3. The first kappa shape index (κ1) is 18.8. The summed E-state index contributed by atoms with van der Waals surface area (Å²) in [4.78, 5) is 20.2. The van der Waals surface area contributed by atoms with Gasteiger partial charge in [0.25, 0.3) is 0 Å². The first-order valence-corrected chi connectivity index (χ1v) is 11.7. The second-order valence-electron chi connectivity index (χ2n) is 7.93. The van der Waals surface area contributed by atoms with Crippen molar-refractivity contribution in [3.8, 4) is 0 Å². The van der Waals surface area contributed by atoms with E-state index >= 15 is 0 Å². The quantitative estimate of drug-likeness (QED) is 0.654. The fraction of sp³-hybridized carbons (Fsp3) is 0.478. The number of aromatic nitrogens is 2. The molecular weight excluding hydrogens is 378 g/mol. The van der Waals surface area contributed by atoms with Crippen molar-refractivity contribution in [2.75, 3.05) is 49.1 Å². The smallest absolute Gasteiger partial charge is 0.141 e. The van der Waals surface area contributed by atoms with E-state index in [4.69, 9.17) is 9.97 Å². The van der Waals surface area contributed by atoms with E-state index < -0.39 is 0 Å². The van der Waals surface area contributed by atoms with Crippen molar-refractivity contribution in [3.05, 3.63) is 46.6 Å². The number of piperazine rings is 1. The van der Waals surface area contributed by atoms with Crippen LogP contribution in [-0.2, 0) is 19.4 Å². The number of hydrogen-bond donors (Lipinski definition) is 0. The molecule has 0 saturated carbocycles. The van der Waals surface area contributed by atoms with Gasteiger partial charge in [0.15, 0.2) is 0 Å². The summed E-state index contributed by atoms with van der Waals surface area (Å²) in [7, 11) is 0. The van der Waals surface area contributed by atoms with Crippen LogP contribution in [0.5, 0.6) is 0 Å². The van der Waals surface area contributed by atoms with E-state index in [2.05, 4.69) is 58.9 Å². The summed E-state index contributed by atoms with van der Waals surface area (Å²) in [5.74, 6) is 2.16. The minimum absolute atomic E-state index is 0.885. The van der Waals surface area contributed by atoms with Crippen molar-refractivity contribution in [2.45, 2.75) is 33.2 Å². The molecule has 29 heavy (non-hydrogen) atoms. The maximum atomic E-state index is 5.05. The SMILES string of the molecule is CCc1nc(N2CCN(c3ccccc3)CC2)c2c3c(sc2n1)CN(CC)CC3. The number of anilines is 2. The Balaban J connectivity index is 1.47. The summed E-state index contributed by atoms with van der Waals surface area (Å²) in [6.45, 7) is 11.8. The van der Waals surface area contributed by atoms with Crippen LogP contribution in [0.15, 0.2) is 30.3 Å². The van der Waals surface area contributed by atoms with Gasteiger partial charge in [-0.3, -0.25) is 4.90 Å². The average Bonchev–Trinajstić information content (AvgIpc) is 3.16. The highest BCUT2D eigenvalue weighted by Crippen LogP contribution is 2.39. The predicted molar refractivity (Wildman–Crippen MR) is 122 cm³/mol. The lowest BCUT2D eigenvalue weighted by atomic mass is 10.0. The van der Waals surface area contributed by atoms with Crippen LogP contribution in [0.2, 0.25) is 0 Å². The topological polar surface area (TPSA) is 35.5 Å². The standard InChI is InChI=1S/C23H29N5S/c1-3-20-24-22(28-14-12-27(13-15-28)17-8-6-5-7-9-17)21-18-10-11-26(4-2)16-19(18)29-23(21)25-20/h5-9H,3-4,10-16H2,1-2H3. The fourth-order valence-corrected chi connectivity index (χ4v) is 5.82. The molecule has 3 aromatic rings. The molecule has 0 unspecified atom stereocenters. The lowest BCUT2D eigenvalue weighted by Crippen LogP contribution is -2.47. The van der Waals surface area contributed by atoms with Gasteiger partial charge in [0, 0.05) is 56.3 Å². The van der Waals surface area contributed by atoms with Gasteiger partial charge in [0.05, 0.1) is 5.39 Å². The minimum Gasteiger partial charge on any atom is -0.368 e. The zero-order chi connectivity index (χ0) is 19.8. The number of thiophene rings is 1. The highest BCUT2D eigenvalue weighted by atomic mass is 32.1. The summed E-state index contributed by atoms with van der Waals surface area (Å²) < 4.78 is 0. The molecule has 0 spiro atoms. The summed E-state index contributed by atoms with van der Waals surface area (Å²) in [6.07, 6.45) is 2.01. The summed E-state index contributed by atoms with van der Waals surface area (Å²) in [6, 6.07) is 10.8. The molecule has 5 nitrogen and oxygen atoms in total. The molecule has 0 N–H and O–H groups in total. The number of rotatable bonds is 4. The summed E-state index contributed by atoms with van der Waals surface area (Å²) in [5, 5.41) is 1.34. The Morgan fingerprint density at radius 2 is 1.69 bits per heavy atom. The van der Waals surface area contributed by atoms with Gasteiger partial charge >= 0.3 is 0 Å². The van der Waals surface area contributed by atoms with Crippen LogP contribution in [0.3, 0.4) is 0 Å². The molecule has 1 saturated heterocycles. The fourth-order valence-electron chi connectivity index (χ4n) is 4.54. The lowest BCUT2D eigenvalue weighted by molar-refractivity contribution is 0.272. The van der Waals surface area contributed by atoms with Gasteiger partial charge in [-0.15, -0.1) is 11.3 Å². The van der Waals surface area contributed by atoms with Crippen LogP contribution in [0, 0.1) is 0 Å². The van der Waals surface area contributed by atoms with E-state index in [1.165, 1.54) is 32.2 Å². The predicted octanol–water partition coefficient (Wildman–Crippen LogP) is 3.96.